The maximum absolute atomic E-state index is 14.2. The van der Waals surface area contributed by atoms with Gasteiger partial charge in [-0.05, 0) is 48.4 Å². The predicted molar refractivity (Wildman–Crippen MR) is 113 cm³/mol. The molecular weight excluding hydrogens is 463 g/mol. The third kappa shape index (κ3) is 5.30. The van der Waals surface area contributed by atoms with Gasteiger partial charge in [0.25, 0.3) is 0 Å². The minimum absolute atomic E-state index is 0.159. The monoisotopic (exact) mass is 482 g/mol. The Bertz CT molecular complexity index is 1050. The molecule has 29 heavy (non-hydrogen) atoms. The Morgan fingerprint density at radius 1 is 1.21 bits per heavy atom. The van der Waals surface area contributed by atoms with E-state index >= 15 is 0 Å². The zero-order valence-electron chi connectivity index (χ0n) is 15.7. The number of benzene rings is 2. The van der Waals surface area contributed by atoms with Crippen LogP contribution in [0.4, 0.5) is 10.1 Å². The Kier molecular flexibility index (Phi) is 6.84. The molecular formula is C20H20BrFN2O4S. The number of amides is 1. The van der Waals surface area contributed by atoms with Crippen LogP contribution in [0.2, 0.25) is 0 Å². The van der Waals surface area contributed by atoms with E-state index in [1.54, 1.807) is 6.08 Å². The Hall–Kier alpha value is -2.07. The highest BCUT2D eigenvalue weighted by Gasteiger charge is 2.29. The molecule has 1 heterocycles. The van der Waals surface area contributed by atoms with Crippen molar-refractivity contribution >= 4 is 43.6 Å². The van der Waals surface area contributed by atoms with Crippen LogP contribution in [0.1, 0.15) is 11.1 Å². The van der Waals surface area contributed by atoms with Crippen LogP contribution in [-0.4, -0.2) is 44.9 Å². The van der Waals surface area contributed by atoms with E-state index in [2.05, 4.69) is 21.2 Å². The summed E-state index contributed by atoms with van der Waals surface area (Å²) < 4.78 is 46.8. The van der Waals surface area contributed by atoms with Crippen LogP contribution in [0.3, 0.4) is 0 Å². The summed E-state index contributed by atoms with van der Waals surface area (Å²) >= 11 is 3.44. The van der Waals surface area contributed by atoms with Crippen molar-refractivity contribution in [3.05, 3.63) is 63.9 Å². The molecule has 2 aromatic rings. The standard InChI is InChI=1S/C20H20BrFN2O4S/c1-14-2-3-15(17(21)12-14)4-7-20(25)23-16-5-6-18(22)19(13-16)29(26,27)24-8-10-28-11-9-24/h2-7,12-13H,8-11H2,1H3,(H,23,25)/b7-4+. The number of ether oxygens (including phenoxy) is 1. The quantitative estimate of drug-likeness (QED) is 0.660. The van der Waals surface area contributed by atoms with Crippen molar-refractivity contribution in [2.75, 3.05) is 31.6 Å². The molecule has 0 spiro atoms. The summed E-state index contributed by atoms with van der Waals surface area (Å²) in [5.74, 6) is -1.33. The first-order valence-corrected chi connectivity index (χ1v) is 11.1. The highest BCUT2D eigenvalue weighted by Crippen LogP contribution is 2.24. The molecule has 0 atom stereocenters. The third-order valence-electron chi connectivity index (χ3n) is 4.36. The molecule has 0 aliphatic carbocycles. The summed E-state index contributed by atoms with van der Waals surface area (Å²) in [6.45, 7) is 2.80. The van der Waals surface area contributed by atoms with Crippen LogP contribution in [0.5, 0.6) is 0 Å². The summed E-state index contributed by atoms with van der Waals surface area (Å²) in [5.41, 5.74) is 2.09. The van der Waals surface area contributed by atoms with Gasteiger partial charge in [-0.25, -0.2) is 12.8 Å². The fourth-order valence-electron chi connectivity index (χ4n) is 2.82. The molecule has 0 radical (unpaired) electrons. The van der Waals surface area contributed by atoms with Gasteiger partial charge in [0.05, 0.1) is 13.2 Å². The number of nitrogens with one attached hydrogen (secondary N) is 1. The van der Waals surface area contributed by atoms with E-state index in [9.17, 15) is 17.6 Å². The van der Waals surface area contributed by atoms with Gasteiger partial charge < -0.3 is 10.1 Å². The normalized spacial score (nSPS) is 15.6. The van der Waals surface area contributed by atoms with Gasteiger partial charge in [0, 0.05) is 29.3 Å². The van der Waals surface area contributed by atoms with Gasteiger partial charge >= 0.3 is 0 Å². The number of rotatable bonds is 5. The molecule has 1 saturated heterocycles. The van der Waals surface area contributed by atoms with E-state index in [-0.39, 0.29) is 32.0 Å². The first-order valence-electron chi connectivity index (χ1n) is 8.90. The molecule has 1 aliphatic rings. The lowest BCUT2D eigenvalue weighted by Crippen LogP contribution is -2.40. The Morgan fingerprint density at radius 2 is 1.93 bits per heavy atom. The van der Waals surface area contributed by atoms with Crippen LogP contribution in [0, 0.1) is 12.7 Å². The number of carbonyl (C=O) groups is 1. The van der Waals surface area contributed by atoms with Crippen molar-refractivity contribution in [3.8, 4) is 0 Å². The number of hydrogen-bond acceptors (Lipinski definition) is 4. The Balaban J connectivity index is 1.77. The molecule has 0 saturated carbocycles. The maximum Gasteiger partial charge on any atom is 0.248 e. The molecule has 1 aliphatic heterocycles. The van der Waals surface area contributed by atoms with Gasteiger partial charge in [0.15, 0.2) is 0 Å². The summed E-state index contributed by atoms with van der Waals surface area (Å²) in [6, 6.07) is 9.21. The number of carbonyl (C=O) groups excluding carboxylic acids is 1. The molecule has 3 rings (SSSR count). The van der Waals surface area contributed by atoms with E-state index in [0.717, 1.165) is 27.7 Å². The molecule has 1 amide bonds. The van der Waals surface area contributed by atoms with Crippen LogP contribution in [0.25, 0.3) is 6.08 Å². The van der Waals surface area contributed by atoms with E-state index in [0.29, 0.717) is 0 Å². The van der Waals surface area contributed by atoms with Gasteiger partial charge in [0.1, 0.15) is 10.7 Å². The summed E-state index contributed by atoms with van der Waals surface area (Å²) in [5, 5.41) is 2.57. The van der Waals surface area contributed by atoms with Crippen LogP contribution in [-0.2, 0) is 19.6 Å². The number of halogens is 2. The van der Waals surface area contributed by atoms with Crippen LogP contribution < -0.4 is 5.32 Å². The summed E-state index contributed by atoms with van der Waals surface area (Å²) in [6.07, 6.45) is 2.96. The smallest absolute Gasteiger partial charge is 0.248 e. The number of anilines is 1. The SMILES string of the molecule is Cc1ccc(/C=C/C(=O)Nc2ccc(F)c(S(=O)(=O)N3CCOCC3)c2)c(Br)c1. The van der Waals surface area contributed by atoms with Crippen molar-refractivity contribution in [2.45, 2.75) is 11.8 Å². The molecule has 154 valence electrons. The maximum atomic E-state index is 14.2. The number of nitrogens with zero attached hydrogens (tertiary/aromatic N) is 1. The lowest BCUT2D eigenvalue weighted by Gasteiger charge is -2.26. The van der Waals surface area contributed by atoms with E-state index < -0.39 is 26.6 Å². The number of hydrogen-bond donors (Lipinski definition) is 1. The average molecular weight is 483 g/mol. The fraction of sp³-hybridized carbons (Fsp3) is 0.250. The topological polar surface area (TPSA) is 75.7 Å². The van der Waals surface area contributed by atoms with Crippen molar-refractivity contribution < 1.29 is 22.3 Å². The molecule has 2 aromatic carbocycles. The molecule has 1 N–H and O–H groups in total. The molecule has 0 unspecified atom stereocenters. The zero-order valence-corrected chi connectivity index (χ0v) is 18.1. The lowest BCUT2D eigenvalue weighted by atomic mass is 10.1. The number of sulfonamides is 1. The minimum Gasteiger partial charge on any atom is -0.379 e. The van der Waals surface area contributed by atoms with Gasteiger partial charge in [0.2, 0.25) is 15.9 Å². The largest absolute Gasteiger partial charge is 0.379 e. The second-order valence-corrected chi connectivity index (χ2v) is 9.27. The van der Waals surface area contributed by atoms with E-state index in [1.807, 2.05) is 25.1 Å². The number of aryl methyl sites for hydroxylation is 1. The molecule has 9 heteroatoms. The third-order valence-corrected chi connectivity index (χ3v) is 6.96. The zero-order chi connectivity index (χ0) is 21.0. The highest BCUT2D eigenvalue weighted by atomic mass is 79.9. The van der Waals surface area contributed by atoms with Gasteiger partial charge in [-0.2, -0.15) is 4.31 Å². The van der Waals surface area contributed by atoms with Crippen LogP contribution in [0.15, 0.2) is 51.8 Å². The molecule has 6 nitrogen and oxygen atoms in total. The molecule has 1 fully saturated rings. The fourth-order valence-corrected chi connectivity index (χ4v) is 4.95. The van der Waals surface area contributed by atoms with E-state index in [1.165, 1.54) is 16.4 Å². The summed E-state index contributed by atoms with van der Waals surface area (Å²) in [7, 11) is -4.01. The first-order chi connectivity index (χ1) is 13.8. The second kappa shape index (κ2) is 9.17. The van der Waals surface area contributed by atoms with Gasteiger partial charge in [-0.15, -0.1) is 0 Å². The first kappa shape index (κ1) is 21.6. The van der Waals surface area contributed by atoms with Gasteiger partial charge in [-0.3, -0.25) is 4.79 Å². The lowest BCUT2D eigenvalue weighted by molar-refractivity contribution is -0.111. The average Bonchev–Trinajstić information content (AvgIpc) is 2.69. The Labute approximate surface area is 177 Å². The van der Waals surface area contributed by atoms with Crippen molar-refractivity contribution in [3.63, 3.8) is 0 Å². The van der Waals surface area contributed by atoms with Crippen molar-refractivity contribution in [2.24, 2.45) is 0 Å². The van der Waals surface area contributed by atoms with E-state index in [4.69, 9.17) is 4.74 Å². The molecule has 0 bridgehead atoms. The predicted octanol–water partition coefficient (Wildman–Crippen LogP) is 3.57. The second-order valence-electron chi connectivity index (χ2n) is 6.51. The van der Waals surface area contributed by atoms with Gasteiger partial charge in [-0.1, -0.05) is 28.1 Å². The minimum atomic E-state index is -4.01. The summed E-state index contributed by atoms with van der Waals surface area (Å²) in [4.78, 5) is 11.8. The van der Waals surface area contributed by atoms with Crippen molar-refractivity contribution in [1.29, 1.82) is 0 Å². The van der Waals surface area contributed by atoms with Crippen LogP contribution >= 0.6 is 15.9 Å². The molecule has 0 aromatic heterocycles. The highest BCUT2D eigenvalue weighted by molar-refractivity contribution is 9.10. The Morgan fingerprint density at radius 3 is 2.62 bits per heavy atom. The number of morpholine rings is 1. The van der Waals surface area contributed by atoms with Crippen molar-refractivity contribution in [1.82, 2.24) is 4.31 Å².